The average Bonchev–Trinajstić information content (AvgIpc) is 2.67. The van der Waals surface area contributed by atoms with Gasteiger partial charge in [-0.15, -0.1) is 0 Å². The normalized spacial score (nSPS) is 10.5. The summed E-state index contributed by atoms with van der Waals surface area (Å²) in [6, 6.07) is 11.1. The van der Waals surface area contributed by atoms with Crippen LogP contribution in [0.2, 0.25) is 0 Å². The van der Waals surface area contributed by atoms with Gasteiger partial charge in [0.15, 0.2) is 0 Å². The maximum atomic E-state index is 11.0. The molecular formula is C18H16BrN5O2. The molecule has 3 rings (SSSR count). The lowest BCUT2D eigenvalue weighted by atomic mass is 10.2. The number of rotatable bonds is 7. The highest BCUT2D eigenvalue weighted by Crippen LogP contribution is 2.28. The molecule has 0 unspecified atom stereocenters. The first-order valence-corrected chi connectivity index (χ1v) is 8.76. The minimum Gasteiger partial charge on any atom is -0.351 e. The fraction of sp³-hybridized carbons (Fsp3) is 0.167. The molecule has 8 heteroatoms. The van der Waals surface area contributed by atoms with Crippen LogP contribution in [0, 0.1) is 10.1 Å². The first-order chi connectivity index (χ1) is 12.6. The molecule has 0 spiro atoms. The lowest BCUT2D eigenvalue weighted by molar-refractivity contribution is -0.385. The fourth-order valence-corrected chi connectivity index (χ4v) is 3.11. The summed E-state index contributed by atoms with van der Waals surface area (Å²) in [6.45, 7) is 1.25. The smallest absolute Gasteiger partial charge is 0.288 e. The fourth-order valence-electron chi connectivity index (χ4n) is 2.52. The molecule has 0 saturated heterocycles. The van der Waals surface area contributed by atoms with Crippen molar-refractivity contribution < 1.29 is 4.92 Å². The molecule has 0 fully saturated rings. The standard InChI is InChI=1S/C18H16BrN5O2/c19-17-10-16(24(25)26)12-22-18(17)23(13-14-4-3-7-20-11-14)9-6-15-5-1-2-8-21-15/h1-5,7-8,10-12H,6,9,13H2. The molecule has 3 aromatic heterocycles. The van der Waals surface area contributed by atoms with E-state index in [-0.39, 0.29) is 5.69 Å². The highest BCUT2D eigenvalue weighted by atomic mass is 79.9. The van der Waals surface area contributed by atoms with Gasteiger partial charge in [0, 0.05) is 49.9 Å². The second-order valence-electron chi connectivity index (χ2n) is 5.61. The summed E-state index contributed by atoms with van der Waals surface area (Å²) < 4.78 is 0.580. The van der Waals surface area contributed by atoms with Crippen LogP contribution in [0.25, 0.3) is 0 Å². The Kier molecular flexibility index (Phi) is 5.85. The van der Waals surface area contributed by atoms with Crippen molar-refractivity contribution in [1.82, 2.24) is 15.0 Å². The van der Waals surface area contributed by atoms with Gasteiger partial charge in [-0.3, -0.25) is 20.1 Å². The first kappa shape index (κ1) is 17.9. The van der Waals surface area contributed by atoms with Crippen LogP contribution in [0.15, 0.2) is 65.7 Å². The zero-order chi connectivity index (χ0) is 18.4. The van der Waals surface area contributed by atoms with E-state index in [4.69, 9.17) is 0 Å². The zero-order valence-corrected chi connectivity index (χ0v) is 15.4. The number of nitrogens with zero attached hydrogens (tertiary/aromatic N) is 5. The van der Waals surface area contributed by atoms with Gasteiger partial charge < -0.3 is 4.90 Å². The molecule has 0 radical (unpaired) electrons. The molecular weight excluding hydrogens is 398 g/mol. The van der Waals surface area contributed by atoms with E-state index < -0.39 is 4.92 Å². The largest absolute Gasteiger partial charge is 0.351 e. The molecule has 0 amide bonds. The minimum absolute atomic E-state index is 0.0494. The number of aromatic nitrogens is 3. The van der Waals surface area contributed by atoms with Gasteiger partial charge in [-0.25, -0.2) is 4.98 Å². The molecule has 0 atom stereocenters. The van der Waals surface area contributed by atoms with E-state index in [9.17, 15) is 10.1 Å². The summed E-state index contributed by atoms with van der Waals surface area (Å²) in [4.78, 5) is 25.4. The van der Waals surface area contributed by atoms with E-state index in [1.165, 1.54) is 12.3 Å². The van der Waals surface area contributed by atoms with Crippen LogP contribution in [-0.2, 0) is 13.0 Å². The Labute approximate surface area is 159 Å². The number of nitro groups is 1. The Bertz CT molecular complexity index is 877. The molecule has 132 valence electrons. The highest BCUT2D eigenvalue weighted by Gasteiger charge is 2.17. The van der Waals surface area contributed by atoms with Crippen LogP contribution in [0.4, 0.5) is 11.5 Å². The summed E-state index contributed by atoms with van der Waals surface area (Å²) in [5.41, 5.74) is 1.95. The number of halogens is 1. The molecule has 0 bridgehead atoms. The number of pyridine rings is 3. The van der Waals surface area contributed by atoms with Gasteiger partial charge in [0.25, 0.3) is 5.69 Å². The van der Waals surface area contributed by atoms with Gasteiger partial charge >= 0.3 is 0 Å². The van der Waals surface area contributed by atoms with Crippen molar-refractivity contribution in [3.8, 4) is 0 Å². The van der Waals surface area contributed by atoms with Gasteiger partial charge in [0.05, 0.1) is 9.40 Å². The number of anilines is 1. The van der Waals surface area contributed by atoms with Gasteiger partial charge in [0.2, 0.25) is 0 Å². The molecule has 7 nitrogen and oxygen atoms in total. The molecule has 0 aliphatic rings. The Morgan fingerprint density at radius 3 is 2.65 bits per heavy atom. The number of hydrogen-bond donors (Lipinski definition) is 0. The molecule has 0 N–H and O–H groups in total. The topological polar surface area (TPSA) is 85.0 Å². The Balaban J connectivity index is 1.85. The molecule has 3 heterocycles. The minimum atomic E-state index is -0.457. The third-order valence-electron chi connectivity index (χ3n) is 3.78. The van der Waals surface area contributed by atoms with Gasteiger partial charge in [0.1, 0.15) is 12.0 Å². The lowest BCUT2D eigenvalue weighted by Gasteiger charge is -2.24. The third-order valence-corrected chi connectivity index (χ3v) is 4.36. The van der Waals surface area contributed by atoms with E-state index in [0.29, 0.717) is 23.4 Å². The molecule has 0 aliphatic carbocycles. The quantitative estimate of drug-likeness (QED) is 0.432. The van der Waals surface area contributed by atoms with Crippen molar-refractivity contribution in [3.63, 3.8) is 0 Å². The van der Waals surface area contributed by atoms with Crippen molar-refractivity contribution in [3.05, 3.63) is 87.0 Å². The molecule has 0 saturated carbocycles. The predicted molar refractivity (Wildman–Crippen MR) is 102 cm³/mol. The average molecular weight is 414 g/mol. The molecule has 0 aliphatic heterocycles. The molecule has 26 heavy (non-hydrogen) atoms. The van der Waals surface area contributed by atoms with E-state index in [1.807, 2.05) is 30.3 Å². The molecule has 3 aromatic rings. The zero-order valence-electron chi connectivity index (χ0n) is 13.8. The first-order valence-electron chi connectivity index (χ1n) is 7.97. The second kappa shape index (κ2) is 8.48. The summed E-state index contributed by atoms with van der Waals surface area (Å²) in [5.74, 6) is 0.649. The van der Waals surface area contributed by atoms with Crippen LogP contribution in [0.3, 0.4) is 0 Å². The number of hydrogen-bond acceptors (Lipinski definition) is 6. The Hall–Kier alpha value is -2.87. The van der Waals surface area contributed by atoms with Crippen LogP contribution in [0.5, 0.6) is 0 Å². The van der Waals surface area contributed by atoms with Crippen LogP contribution in [0.1, 0.15) is 11.3 Å². The van der Waals surface area contributed by atoms with E-state index in [1.54, 1.807) is 18.6 Å². The summed E-state index contributed by atoms with van der Waals surface area (Å²) >= 11 is 3.42. The van der Waals surface area contributed by atoms with E-state index in [2.05, 4.69) is 35.8 Å². The maximum Gasteiger partial charge on any atom is 0.288 e. The van der Waals surface area contributed by atoms with Crippen molar-refractivity contribution in [2.45, 2.75) is 13.0 Å². The Morgan fingerprint density at radius 1 is 1.12 bits per heavy atom. The SMILES string of the molecule is O=[N+]([O-])c1cnc(N(CCc2ccccn2)Cc2cccnc2)c(Br)c1. The van der Waals surface area contributed by atoms with Crippen molar-refractivity contribution in [1.29, 1.82) is 0 Å². The monoisotopic (exact) mass is 413 g/mol. The Morgan fingerprint density at radius 2 is 2.00 bits per heavy atom. The van der Waals surface area contributed by atoms with Crippen LogP contribution < -0.4 is 4.90 Å². The maximum absolute atomic E-state index is 11.0. The second-order valence-corrected chi connectivity index (χ2v) is 6.46. The highest BCUT2D eigenvalue weighted by molar-refractivity contribution is 9.10. The van der Waals surface area contributed by atoms with Crippen molar-refractivity contribution >= 4 is 27.4 Å². The summed E-state index contributed by atoms with van der Waals surface area (Å²) in [5, 5.41) is 11.0. The van der Waals surface area contributed by atoms with E-state index in [0.717, 1.165) is 17.7 Å². The molecule has 0 aromatic carbocycles. The van der Waals surface area contributed by atoms with Gasteiger partial charge in [-0.2, -0.15) is 0 Å². The summed E-state index contributed by atoms with van der Waals surface area (Å²) in [6.07, 6.45) is 7.29. The summed E-state index contributed by atoms with van der Waals surface area (Å²) in [7, 11) is 0. The van der Waals surface area contributed by atoms with Crippen LogP contribution >= 0.6 is 15.9 Å². The predicted octanol–water partition coefficient (Wildman–Crippen LogP) is 3.79. The van der Waals surface area contributed by atoms with Crippen molar-refractivity contribution in [2.24, 2.45) is 0 Å². The lowest BCUT2D eigenvalue weighted by Crippen LogP contribution is -2.27. The van der Waals surface area contributed by atoms with E-state index >= 15 is 0 Å². The van der Waals surface area contributed by atoms with Gasteiger partial charge in [-0.1, -0.05) is 12.1 Å². The third kappa shape index (κ3) is 4.60. The van der Waals surface area contributed by atoms with Gasteiger partial charge in [-0.05, 0) is 39.7 Å². The van der Waals surface area contributed by atoms with Crippen LogP contribution in [-0.4, -0.2) is 26.4 Å². The van der Waals surface area contributed by atoms with Crippen molar-refractivity contribution in [2.75, 3.05) is 11.4 Å².